The van der Waals surface area contributed by atoms with Gasteiger partial charge in [0.25, 0.3) is 0 Å². The molecule has 0 amide bonds. The Morgan fingerprint density at radius 3 is 1.70 bits per heavy atom. The summed E-state index contributed by atoms with van der Waals surface area (Å²) in [6.45, 7) is 10.2. The van der Waals surface area contributed by atoms with E-state index in [1.165, 1.54) is 12.2 Å². The van der Waals surface area contributed by atoms with Crippen molar-refractivity contribution in [2.45, 2.75) is 13.5 Å². The molecule has 1 aromatic heterocycles. The Hall–Kier alpha value is -3.34. The molecule has 5 heteroatoms. The summed E-state index contributed by atoms with van der Waals surface area (Å²) in [7, 11) is 0. The summed E-state index contributed by atoms with van der Waals surface area (Å²) >= 11 is 0. The first kappa shape index (κ1) is 18.5. The molecular weight excluding hydrogens is 342 g/mol. The van der Waals surface area contributed by atoms with Crippen LogP contribution >= 0.6 is 0 Å². The minimum Gasteiger partial charge on any atom is -0.458 e. The molecule has 0 saturated carbocycles. The molecule has 1 heterocycles. The van der Waals surface area contributed by atoms with Gasteiger partial charge in [-0.15, -0.1) is 0 Å². The van der Waals surface area contributed by atoms with Crippen molar-refractivity contribution >= 4 is 33.7 Å². The van der Waals surface area contributed by atoms with Crippen LogP contribution in [0.5, 0.6) is 0 Å². The first-order valence-electron chi connectivity index (χ1n) is 8.72. The van der Waals surface area contributed by atoms with Crippen LogP contribution in [0.3, 0.4) is 0 Å². The monoisotopic (exact) mass is 363 g/mol. The topological polar surface area (TPSA) is 57.5 Å². The van der Waals surface area contributed by atoms with Gasteiger partial charge in [-0.05, 0) is 43.3 Å². The Balaban J connectivity index is 2.14. The molecule has 0 bridgehead atoms. The van der Waals surface area contributed by atoms with E-state index in [4.69, 9.17) is 9.47 Å². The second kappa shape index (κ2) is 7.91. The summed E-state index contributed by atoms with van der Waals surface area (Å²) < 4.78 is 12.4. The van der Waals surface area contributed by atoms with Crippen LogP contribution in [0.4, 0.5) is 0 Å². The maximum Gasteiger partial charge on any atom is 0.338 e. The van der Waals surface area contributed by atoms with Gasteiger partial charge in [0.2, 0.25) is 0 Å². The quantitative estimate of drug-likeness (QED) is 0.458. The van der Waals surface area contributed by atoms with Gasteiger partial charge >= 0.3 is 11.9 Å². The van der Waals surface area contributed by atoms with E-state index in [9.17, 15) is 9.59 Å². The van der Waals surface area contributed by atoms with E-state index in [0.29, 0.717) is 11.1 Å². The summed E-state index contributed by atoms with van der Waals surface area (Å²) in [5.41, 5.74) is 2.90. The molecule has 0 unspecified atom stereocenters. The predicted octanol–water partition coefficient (Wildman–Crippen LogP) is 4.50. The summed E-state index contributed by atoms with van der Waals surface area (Å²) in [5.74, 6) is -0.813. The van der Waals surface area contributed by atoms with Crippen LogP contribution in [0, 0.1) is 0 Å². The highest BCUT2D eigenvalue weighted by Crippen LogP contribution is 2.31. The van der Waals surface area contributed by atoms with Crippen molar-refractivity contribution in [3.63, 3.8) is 0 Å². The molecule has 5 nitrogen and oxygen atoms in total. The smallest absolute Gasteiger partial charge is 0.338 e. The van der Waals surface area contributed by atoms with Gasteiger partial charge in [-0.1, -0.05) is 25.3 Å². The number of hydrogen-bond acceptors (Lipinski definition) is 4. The van der Waals surface area contributed by atoms with Crippen molar-refractivity contribution in [2.75, 3.05) is 13.2 Å². The Kier molecular flexibility index (Phi) is 5.41. The molecule has 0 aliphatic rings. The molecule has 0 atom stereocenters. The highest BCUT2D eigenvalue weighted by Gasteiger charge is 2.16. The SMILES string of the molecule is C=CCOC(=O)c1ccc2c(c1)c1cc(C(=O)OCC=C)ccc1n2CC. The number of rotatable bonds is 7. The lowest BCUT2D eigenvalue weighted by Crippen LogP contribution is -2.05. The number of aryl methyl sites for hydroxylation is 1. The van der Waals surface area contributed by atoms with Gasteiger partial charge in [0.05, 0.1) is 11.1 Å². The van der Waals surface area contributed by atoms with Gasteiger partial charge in [-0.25, -0.2) is 9.59 Å². The highest BCUT2D eigenvalue weighted by atomic mass is 16.5. The third-order valence-corrected chi connectivity index (χ3v) is 4.32. The number of nitrogens with zero attached hydrogens (tertiary/aromatic N) is 1. The molecule has 3 aromatic rings. The number of hydrogen-bond donors (Lipinski definition) is 0. The van der Waals surface area contributed by atoms with Crippen LogP contribution < -0.4 is 0 Å². The number of fused-ring (bicyclic) bond motifs is 3. The van der Waals surface area contributed by atoms with Crippen molar-refractivity contribution < 1.29 is 19.1 Å². The minimum absolute atomic E-state index is 0.160. The molecule has 3 rings (SSSR count). The van der Waals surface area contributed by atoms with Crippen LogP contribution in [0.2, 0.25) is 0 Å². The third-order valence-electron chi connectivity index (χ3n) is 4.32. The van der Waals surface area contributed by atoms with E-state index in [1.807, 2.05) is 12.1 Å². The summed E-state index contributed by atoms with van der Waals surface area (Å²) in [6, 6.07) is 10.9. The fourth-order valence-electron chi connectivity index (χ4n) is 3.13. The van der Waals surface area contributed by atoms with Crippen LogP contribution in [-0.2, 0) is 16.0 Å². The first-order valence-corrected chi connectivity index (χ1v) is 8.72. The molecular formula is C22H21NO4. The Morgan fingerprint density at radius 1 is 0.889 bits per heavy atom. The molecule has 2 aromatic carbocycles. The lowest BCUT2D eigenvalue weighted by atomic mass is 10.1. The van der Waals surface area contributed by atoms with Gasteiger partial charge in [0, 0.05) is 28.4 Å². The Labute approximate surface area is 157 Å². The molecule has 0 N–H and O–H groups in total. The number of carbonyl (C=O) groups excluding carboxylic acids is 2. The lowest BCUT2D eigenvalue weighted by Gasteiger charge is -2.05. The predicted molar refractivity (Wildman–Crippen MR) is 106 cm³/mol. The van der Waals surface area contributed by atoms with Crippen molar-refractivity contribution in [1.82, 2.24) is 4.57 Å². The zero-order valence-electron chi connectivity index (χ0n) is 15.2. The van der Waals surface area contributed by atoms with Gasteiger partial charge in [0.1, 0.15) is 13.2 Å². The molecule has 0 aliphatic heterocycles. The van der Waals surface area contributed by atoms with Crippen LogP contribution in [0.25, 0.3) is 21.8 Å². The van der Waals surface area contributed by atoms with E-state index in [-0.39, 0.29) is 13.2 Å². The Morgan fingerprint density at radius 2 is 1.33 bits per heavy atom. The zero-order valence-corrected chi connectivity index (χ0v) is 15.2. The van der Waals surface area contributed by atoms with Crippen LogP contribution in [0.15, 0.2) is 61.7 Å². The average molecular weight is 363 g/mol. The molecule has 0 spiro atoms. The summed E-state index contributed by atoms with van der Waals surface area (Å²) in [5, 5.41) is 1.77. The van der Waals surface area contributed by atoms with E-state index in [1.54, 1.807) is 24.3 Å². The number of benzene rings is 2. The fourth-order valence-corrected chi connectivity index (χ4v) is 3.13. The third kappa shape index (κ3) is 3.49. The van der Waals surface area contributed by atoms with Gasteiger partial charge in [0.15, 0.2) is 0 Å². The van der Waals surface area contributed by atoms with Crippen molar-refractivity contribution in [1.29, 1.82) is 0 Å². The number of esters is 2. The van der Waals surface area contributed by atoms with Gasteiger partial charge < -0.3 is 14.0 Å². The molecule has 0 fully saturated rings. The Bertz CT molecular complexity index is 964. The molecule has 0 radical (unpaired) electrons. The molecule has 0 aliphatic carbocycles. The average Bonchev–Trinajstić information content (AvgIpc) is 3.02. The largest absolute Gasteiger partial charge is 0.458 e. The van der Waals surface area contributed by atoms with Gasteiger partial charge in [-0.3, -0.25) is 0 Å². The first-order chi connectivity index (χ1) is 13.1. The maximum atomic E-state index is 12.2. The maximum absolute atomic E-state index is 12.2. The normalized spacial score (nSPS) is 10.7. The van der Waals surface area contributed by atoms with E-state index >= 15 is 0 Å². The van der Waals surface area contributed by atoms with Gasteiger partial charge in [-0.2, -0.15) is 0 Å². The minimum atomic E-state index is -0.407. The van der Waals surface area contributed by atoms with Crippen molar-refractivity contribution in [2.24, 2.45) is 0 Å². The van der Waals surface area contributed by atoms with Crippen LogP contribution in [0.1, 0.15) is 27.6 Å². The zero-order chi connectivity index (χ0) is 19.4. The lowest BCUT2D eigenvalue weighted by molar-refractivity contribution is 0.0540. The molecule has 0 saturated heterocycles. The molecule has 138 valence electrons. The summed E-state index contributed by atoms with van der Waals surface area (Å²) in [4.78, 5) is 24.4. The second-order valence-electron chi connectivity index (χ2n) is 5.98. The standard InChI is InChI=1S/C22H21NO4/c1-4-11-26-21(24)15-7-9-19-17(13-15)18-14-16(22(25)27-12-5-2)8-10-20(18)23(19)6-3/h4-5,7-10,13-14H,1-2,6,11-12H2,3H3. The number of ether oxygens (including phenoxy) is 2. The van der Waals surface area contributed by atoms with Crippen molar-refractivity contribution in [3.8, 4) is 0 Å². The van der Waals surface area contributed by atoms with Crippen molar-refractivity contribution in [3.05, 3.63) is 72.8 Å². The highest BCUT2D eigenvalue weighted by molar-refractivity contribution is 6.12. The van der Waals surface area contributed by atoms with Crippen LogP contribution in [-0.4, -0.2) is 29.7 Å². The number of aromatic nitrogens is 1. The second-order valence-corrected chi connectivity index (χ2v) is 5.98. The fraction of sp³-hybridized carbons (Fsp3) is 0.182. The van der Waals surface area contributed by atoms with E-state index in [0.717, 1.165) is 28.4 Å². The van der Waals surface area contributed by atoms with E-state index < -0.39 is 11.9 Å². The summed E-state index contributed by atoms with van der Waals surface area (Å²) in [6.07, 6.45) is 3.06. The molecule has 27 heavy (non-hydrogen) atoms. The van der Waals surface area contributed by atoms with E-state index in [2.05, 4.69) is 24.6 Å². The number of carbonyl (C=O) groups is 2.